The molecule has 1 aliphatic rings. The van der Waals surface area contributed by atoms with Crippen LogP contribution in [0.4, 0.5) is 0 Å². The van der Waals surface area contributed by atoms with Gasteiger partial charge in [-0.15, -0.1) is 0 Å². The molecule has 0 bridgehead atoms. The van der Waals surface area contributed by atoms with Crippen LogP contribution in [0.2, 0.25) is 0 Å². The first kappa shape index (κ1) is 15.4. The minimum atomic E-state index is -2.97. The lowest BCUT2D eigenvalue weighted by atomic mass is 10.2. The summed E-state index contributed by atoms with van der Waals surface area (Å²) in [6, 6.07) is -0.199. The fourth-order valence-electron chi connectivity index (χ4n) is 2.08. The molecule has 0 saturated carbocycles. The number of amides is 1. The normalized spacial score (nSPS) is 22.3. The quantitative estimate of drug-likeness (QED) is 0.670. The highest BCUT2D eigenvalue weighted by atomic mass is 32.2. The zero-order valence-electron chi connectivity index (χ0n) is 11.0. The largest absolute Gasteiger partial charge is 0.395 e. The fourth-order valence-corrected chi connectivity index (χ4v) is 3.85. The second-order valence-electron chi connectivity index (χ2n) is 4.65. The lowest BCUT2D eigenvalue weighted by Gasteiger charge is -2.27. The smallest absolute Gasteiger partial charge is 0.236 e. The SMILES string of the molecule is CCN(CCO)CC(=O)N(C)C1CCS(=O)(=O)C1. The van der Waals surface area contributed by atoms with E-state index in [-0.39, 0.29) is 36.6 Å². The average Bonchev–Trinajstić information content (AvgIpc) is 2.67. The first-order valence-electron chi connectivity index (χ1n) is 6.19. The van der Waals surface area contributed by atoms with Crippen LogP contribution >= 0.6 is 0 Å². The topological polar surface area (TPSA) is 77.9 Å². The van der Waals surface area contributed by atoms with Gasteiger partial charge in [0.15, 0.2) is 9.84 Å². The molecule has 0 aromatic carbocycles. The molecule has 7 heteroatoms. The summed E-state index contributed by atoms with van der Waals surface area (Å²) in [6.45, 7) is 3.30. The van der Waals surface area contributed by atoms with E-state index in [1.54, 1.807) is 7.05 Å². The summed E-state index contributed by atoms with van der Waals surface area (Å²) in [5.74, 6) is 0.150. The van der Waals surface area contributed by atoms with Gasteiger partial charge in [-0.1, -0.05) is 6.92 Å². The number of hydrogen-bond donors (Lipinski definition) is 1. The van der Waals surface area contributed by atoms with Crippen LogP contribution in [0.3, 0.4) is 0 Å². The van der Waals surface area contributed by atoms with Crippen LogP contribution in [-0.2, 0) is 14.6 Å². The molecule has 1 unspecified atom stereocenters. The Balaban J connectivity index is 2.51. The summed E-state index contributed by atoms with van der Waals surface area (Å²) in [5.41, 5.74) is 0. The van der Waals surface area contributed by atoms with Crippen molar-refractivity contribution in [3.8, 4) is 0 Å². The van der Waals surface area contributed by atoms with Crippen molar-refractivity contribution in [2.24, 2.45) is 0 Å². The third kappa shape index (κ3) is 4.22. The van der Waals surface area contributed by atoms with Gasteiger partial charge in [-0.3, -0.25) is 9.69 Å². The number of rotatable bonds is 6. The molecule has 106 valence electrons. The lowest BCUT2D eigenvalue weighted by molar-refractivity contribution is -0.132. The zero-order chi connectivity index (χ0) is 13.8. The Morgan fingerprint density at radius 1 is 1.44 bits per heavy atom. The van der Waals surface area contributed by atoms with Crippen LogP contribution in [0.15, 0.2) is 0 Å². The Morgan fingerprint density at radius 2 is 2.11 bits per heavy atom. The number of likely N-dealkylation sites (N-methyl/N-ethyl adjacent to an activating group) is 2. The standard InChI is InChI=1S/C11H22N2O4S/c1-3-13(5-6-14)8-11(15)12(2)10-4-7-18(16,17)9-10/h10,14H,3-9H2,1-2H3. The first-order valence-corrected chi connectivity index (χ1v) is 8.01. The summed E-state index contributed by atoms with van der Waals surface area (Å²) in [6.07, 6.45) is 0.525. The number of hydrogen-bond acceptors (Lipinski definition) is 5. The first-order chi connectivity index (χ1) is 8.39. The van der Waals surface area contributed by atoms with Crippen molar-refractivity contribution in [3.63, 3.8) is 0 Å². The second-order valence-corrected chi connectivity index (χ2v) is 6.88. The van der Waals surface area contributed by atoms with Crippen molar-refractivity contribution >= 4 is 15.7 Å². The predicted molar refractivity (Wildman–Crippen MR) is 69.0 cm³/mol. The van der Waals surface area contributed by atoms with Crippen molar-refractivity contribution in [3.05, 3.63) is 0 Å². The van der Waals surface area contributed by atoms with Crippen LogP contribution in [0.25, 0.3) is 0 Å². The Kier molecular flexibility index (Phi) is 5.55. The summed E-state index contributed by atoms with van der Waals surface area (Å²) >= 11 is 0. The highest BCUT2D eigenvalue weighted by molar-refractivity contribution is 7.91. The van der Waals surface area contributed by atoms with Crippen molar-refractivity contribution in [2.45, 2.75) is 19.4 Å². The molecular weight excluding hydrogens is 256 g/mol. The molecule has 0 spiro atoms. The number of carbonyl (C=O) groups is 1. The average molecular weight is 278 g/mol. The third-order valence-corrected chi connectivity index (χ3v) is 5.12. The fraction of sp³-hybridized carbons (Fsp3) is 0.909. The maximum atomic E-state index is 12.0. The van der Waals surface area contributed by atoms with Crippen LogP contribution in [0.1, 0.15) is 13.3 Å². The predicted octanol–water partition coefficient (Wildman–Crippen LogP) is -1.05. The minimum Gasteiger partial charge on any atom is -0.395 e. The minimum absolute atomic E-state index is 0.0165. The summed E-state index contributed by atoms with van der Waals surface area (Å²) in [7, 11) is -1.31. The highest BCUT2D eigenvalue weighted by Gasteiger charge is 2.32. The van der Waals surface area contributed by atoms with E-state index in [9.17, 15) is 13.2 Å². The van der Waals surface area contributed by atoms with Gasteiger partial charge in [0.05, 0.1) is 24.7 Å². The van der Waals surface area contributed by atoms with Crippen molar-refractivity contribution in [1.29, 1.82) is 0 Å². The molecule has 1 aliphatic heterocycles. The molecule has 0 aromatic heterocycles. The molecule has 1 fully saturated rings. The summed E-state index contributed by atoms with van der Waals surface area (Å²) in [4.78, 5) is 15.4. The van der Waals surface area contributed by atoms with Gasteiger partial charge in [-0.2, -0.15) is 0 Å². The number of nitrogens with zero attached hydrogens (tertiary/aromatic N) is 2. The molecule has 1 atom stereocenters. The van der Waals surface area contributed by atoms with Gasteiger partial charge >= 0.3 is 0 Å². The van der Waals surface area contributed by atoms with Crippen LogP contribution in [0, 0.1) is 0 Å². The third-order valence-electron chi connectivity index (χ3n) is 3.37. The van der Waals surface area contributed by atoms with Crippen molar-refractivity contribution < 1.29 is 18.3 Å². The van der Waals surface area contributed by atoms with Crippen LogP contribution in [-0.4, -0.2) is 80.1 Å². The number of carbonyl (C=O) groups excluding carboxylic acids is 1. The Hall–Kier alpha value is -0.660. The van der Waals surface area contributed by atoms with E-state index in [1.807, 2.05) is 11.8 Å². The van der Waals surface area contributed by atoms with E-state index in [0.29, 0.717) is 19.5 Å². The monoisotopic (exact) mass is 278 g/mol. The molecule has 0 aliphatic carbocycles. The van der Waals surface area contributed by atoms with Crippen molar-refractivity contribution in [2.75, 3.05) is 44.8 Å². The van der Waals surface area contributed by atoms with E-state index in [1.165, 1.54) is 4.90 Å². The maximum absolute atomic E-state index is 12.0. The van der Waals surface area contributed by atoms with Gasteiger partial charge in [0.25, 0.3) is 0 Å². The van der Waals surface area contributed by atoms with Gasteiger partial charge < -0.3 is 10.0 Å². The number of aliphatic hydroxyl groups is 1. The Bertz CT molecular complexity index is 383. The van der Waals surface area contributed by atoms with Gasteiger partial charge in [0, 0.05) is 19.6 Å². The number of aliphatic hydroxyl groups excluding tert-OH is 1. The van der Waals surface area contributed by atoms with Crippen molar-refractivity contribution in [1.82, 2.24) is 9.80 Å². The summed E-state index contributed by atoms with van der Waals surface area (Å²) in [5, 5.41) is 8.85. The lowest BCUT2D eigenvalue weighted by Crippen LogP contribution is -2.44. The zero-order valence-corrected chi connectivity index (χ0v) is 11.8. The van der Waals surface area contributed by atoms with Gasteiger partial charge in [0.2, 0.25) is 5.91 Å². The maximum Gasteiger partial charge on any atom is 0.236 e. The Morgan fingerprint density at radius 3 is 2.56 bits per heavy atom. The molecule has 1 saturated heterocycles. The molecule has 6 nitrogen and oxygen atoms in total. The summed E-state index contributed by atoms with van der Waals surface area (Å²) < 4.78 is 22.7. The van der Waals surface area contributed by atoms with Crippen LogP contribution < -0.4 is 0 Å². The van der Waals surface area contributed by atoms with Gasteiger partial charge in [0.1, 0.15) is 0 Å². The van der Waals surface area contributed by atoms with E-state index in [0.717, 1.165) is 0 Å². The van der Waals surface area contributed by atoms with Gasteiger partial charge in [-0.05, 0) is 13.0 Å². The molecule has 0 radical (unpaired) electrons. The molecule has 18 heavy (non-hydrogen) atoms. The molecule has 1 amide bonds. The van der Waals surface area contributed by atoms with Gasteiger partial charge in [-0.25, -0.2) is 8.42 Å². The molecule has 0 aromatic rings. The molecule has 1 rings (SSSR count). The second kappa shape index (κ2) is 6.49. The van der Waals surface area contributed by atoms with E-state index < -0.39 is 9.84 Å². The number of sulfone groups is 1. The van der Waals surface area contributed by atoms with Crippen LogP contribution in [0.5, 0.6) is 0 Å². The molecule has 1 heterocycles. The van der Waals surface area contributed by atoms with E-state index in [4.69, 9.17) is 5.11 Å². The van der Waals surface area contributed by atoms with E-state index >= 15 is 0 Å². The van der Waals surface area contributed by atoms with E-state index in [2.05, 4.69) is 0 Å². The highest BCUT2D eigenvalue weighted by Crippen LogP contribution is 2.16. The molecular formula is C11H22N2O4S. The Labute approximate surface area is 108 Å². The molecule has 1 N–H and O–H groups in total.